The van der Waals surface area contributed by atoms with Crippen molar-refractivity contribution in [1.82, 2.24) is 4.90 Å². The summed E-state index contributed by atoms with van der Waals surface area (Å²) >= 11 is 0.556. The van der Waals surface area contributed by atoms with Crippen LogP contribution in [0.4, 0.5) is 0 Å². The van der Waals surface area contributed by atoms with Crippen LogP contribution < -0.4 is 21.2 Å². The first-order valence-corrected chi connectivity index (χ1v) is 7.40. The fourth-order valence-electron chi connectivity index (χ4n) is 2.11. The van der Waals surface area contributed by atoms with Crippen LogP contribution in [0.2, 0.25) is 0 Å². The molecule has 2 saturated heterocycles. The van der Waals surface area contributed by atoms with Crippen molar-refractivity contribution >= 4 is 0 Å². The molecule has 2 unspecified atom stereocenters. The number of halogens is 1. The molecule has 2 rings (SSSR count). The summed E-state index contributed by atoms with van der Waals surface area (Å²) in [6.45, 7) is 3.90. The second-order valence-electron chi connectivity index (χ2n) is 3.37. The van der Waals surface area contributed by atoms with Gasteiger partial charge in [0, 0.05) is 0 Å². The minimum atomic E-state index is 0.556. The molecule has 0 radical (unpaired) electrons. The van der Waals surface area contributed by atoms with Gasteiger partial charge in [-0.1, -0.05) is 0 Å². The molecule has 0 saturated carbocycles. The van der Waals surface area contributed by atoms with Crippen molar-refractivity contribution in [3.8, 4) is 0 Å². The van der Waals surface area contributed by atoms with Gasteiger partial charge in [0.1, 0.15) is 0 Å². The molecule has 2 fully saturated rings. The zero-order chi connectivity index (χ0) is 7.68. The van der Waals surface area contributed by atoms with Gasteiger partial charge in [-0.3, -0.25) is 0 Å². The van der Waals surface area contributed by atoms with Gasteiger partial charge in [0.15, 0.2) is 0 Å². The van der Waals surface area contributed by atoms with E-state index in [0.29, 0.717) is 21.2 Å². The molecule has 64 valence electrons. The maximum absolute atomic E-state index is 3.90. The molecule has 0 aromatic heterocycles. The molecule has 2 heteroatoms. The van der Waals surface area contributed by atoms with Crippen LogP contribution >= 0.6 is 0 Å². The Labute approximate surface area is 79.1 Å². The Hall–Kier alpha value is 0.270. The summed E-state index contributed by atoms with van der Waals surface area (Å²) in [4.78, 5) is 2.53. The van der Waals surface area contributed by atoms with E-state index < -0.39 is 0 Å². The molecule has 2 aliphatic heterocycles. The van der Waals surface area contributed by atoms with E-state index in [2.05, 4.69) is 17.7 Å². The Morgan fingerprint density at radius 1 is 1.27 bits per heavy atom. The van der Waals surface area contributed by atoms with Crippen LogP contribution in [0.3, 0.4) is 0 Å². The monoisotopic (exact) mass is 264 g/mol. The molecule has 2 heterocycles. The fraction of sp³-hybridized carbons (Fsp3) is 0.778. The normalized spacial score (nSPS) is 37.6. The number of alkyl halides is 2. The van der Waals surface area contributed by atoms with Gasteiger partial charge in [-0.15, -0.1) is 0 Å². The molecule has 2 atom stereocenters. The van der Waals surface area contributed by atoms with Crippen molar-refractivity contribution in [1.29, 1.82) is 0 Å². The van der Waals surface area contributed by atoms with Gasteiger partial charge in [-0.2, -0.15) is 0 Å². The molecular weight excluding hydrogens is 249 g/mol. The average Bonchev–Trinajstić information content (AvgIpc) is 2.03. The molecule has 0 aromatic rings. The molecule has 0 amide bonds. The third-order valence-corrected chi connectivity index (χ3v) is 5.98. The van der Waals surface area contributed by atoms with Gasteiger partial charge < -0.3 is 0 Å². The van der Waals surface area contributed by atoms with E-state index in [-0.39, 0.29) is 0 Å². The molecular formula is C9H15IN-. The van der Waals surface area contributed by atoms with Crippen LogP contribution in [0.15, 0.2) is 12.8 Å². The van der Waals surface area contributed by atoms with Crippen LogP contribution in [0.1, 0.15) is 19.3 Å². The standard InChI is InChI=1S/C9H15IN/c1-2-11-8-4-3-5-9(11)7-10-6-8/h2,8-9H,1,3-7H2/q-1. The Bertz CT molecular complexity index is 136. The number of hydrogen-bond acceptors (Lipinski definition) is 1. The van der Waals surface area contributed by atoms with Crippen LogP contribution in [0.5, 0.6) is 0 Å². The molecule has 0 N–H and O–H groups in total. The third-order valence-electron chi connectivity index (χ3n) is 2.70. The summed E-state index contributed by atoms with van der Waals surface area (Å²) in [5, 5.41) is 0. The first-order chi connectivity index (χ1) is 5.42. The van der Waals surface area contributed by atoms with Gasteiger partial charge in [0.2, 0.25) is 0 Å². The van der Waals surface area contributed by atoms with E-state index in [9.17, 15) is 0 Å². The summed E-state index contributed by atoms with van der Waals surface area (Å²) in [6, 6.07) is 1.79. The minimum absolute atomic E-state index is 0.556. The van der Waals surface area contributed by atoms with Crippen LogP contribution in [-0.4, -0.2) is 25.8 Å². The SMILES string of the molecule is C=CN1C2CCCC1C[I-]C2. The fourth-order valence-corrected chi connectivity index (χ4v) is 5.70. The Morgan fingerprint density at radius 2 is 1.91 bits per heavy atom. The second-order valence-corrected chi connectivity index (χ2v) is 6.21. The predicted molar refractivity (Wildman–Crippen MR) is 43.2 cm³/mol. The molecule has 0 spiro atoms. The van der Waals surface area contributed by atoms with Gasteiger partial charge >= 0.3 is 79.1 Å². The number of piperidine rings is 1. The van der Waals surface area contributed by atoms with E-state index in [1.807, 2.05) is 0 Å². The Kier molecular flexibility index (Phi) is 2.39. The quantitative estimate of drug-likeness (QED) is 0.410. The van der Waals surface area contributed by atoms with Crippen LogP contribution in [-0.2, 0) is 0 Å². The number of fused-ring (bicyclic) bond motifs is 2. The zero-order valence-electron chi connectivity index (χ0n) is 6.80. The van der Waals surface area contributed by atoms with Crippen molar-refractivity contribution in [3.63, 3.8) is 0 Å². The van der Waals surface area contributed by atoms with Gasteiger partial charge in [-0.25, -0.2) is 0 Å². The van der Waals surface area contributed by atoms with E-state index in [0.717, 1.165) is 12.1 Å². The topological polar surface area (TPSA) is 3.24 Å². The van der Waals surface area contributed by atoms with Crippen LogP contribution in [0.25, 0.3) is 0 Å². The number of hydrogen-bond donors (Lipinski definition) is 0. The first-order valence-electron chi connectivity index (χ1n) is 4.35. The number of nitrogens with zero attached hydrogens (tertiary/aromatic N) is 1. The van der Waals surface area contributed by atoms with Gasteiger partial charge in [0.25, 0.3) is 0 Å². The summed E-state index contributed by atoms with van der Waals surface area (Å²) in [5.74, 6) is 0. The summed E-state index contributed by atoms with van der Waals surface area (Å²) in [5.41, 5.74) is 0. The molecule has 2 bridgehead atoms. The van der Waals surface area contributed by atoms with Gasteiger partial charge in [-0.05, 0) is 0 Å². The van der Waals surface area contributed by atoms with E-state index >= 15 is 0 Å². The molecule has 0 aromatic carbocycles. The maximum atomic E-state index is 3.90. The first kappa shape index (κ1) is 7.90. The van der Waals surface area contributed by atoms with Crippen molar-refractivity contribution < 1.29 is 21.2 Å². The van der Waals surface area contributed by atoms with E-state index in [4.69, 9.17) is 0 Å². The summed E-state index contributed by atoms with van der Waals surface area (Å²) < 4.78 is 3.03. The predicted octanol–water partition coefficient (Wildman–Crippen LogP) is -1.54. The molecule has 2 aliphatic rings. The Morgan fingerprint density at radius 3 is 2.36 bits per heavy atom. The zero-order valence-corrected chi connectivity index (χ0v) is 8.96. The van der Waals surface area contributed by atoms with E-state index in [1.54, 1.807) is 0 Å². The van der Waals surface area contributed by atoms with Crippen LogP contribution in [0, 0.1) is 0 Å². The molecule has 11 heavy (non-hydrogen) atoms. The van der Waals surface area contributed by atoms with Crippen molar-refractivity contribution in [2.45, 2.75) is 31.3 Å². The summed E-state index contributed by atoms with van der Waals surface area (Å²) in [7, 11) is 0. The molecule has 0 aliphatic carbocycles. The van der Waals surface area contributed by atoms with E-state index in [1.165, 1.54) is 28.1 Å². The van der Waals surface area contributed by atoms with Crippen molar-refractivity contribution in [2.75, 3.05) is 8.86 Å². The second kappa shape index (κ2) is 3.33. The average molecular weight is 264 g/mol. The molecule has 1 nitrogen and oxygen atoms in total. The third kappa shape index (κ3) is 1.42. The number of rotatable bonds is 1. The Balaban J connectivity index is 2.10. The summed E-state index contributed by atoms with van der Waals surface area (Å²) in [6.07, 6.45) is 6.41. The van der Waals surface area contributed by atoms with Crippen molar-refractivity contribution in [3.05, 3.63) is 12.8 Å². The van der Waals surface area contributed by atoms with Crippen molar-refractivity contribution in [2.24, 2.45) is 0 Å². The van der Waals surface area contributed by atoms with Gasteiger partial charge in [0.05, 0.1) is 0 Å².